The molecular weight excluding hydrogens is 354 g/mol. The van der Waals surface area contributed by atoms with Gasteiger partial charge in [-0.2, -0.15) is 0 Å². The van der Waals surface area contributed by atoms with Crippen molar-refractivity contribution in [3.63, 3.8) is 0 Å². The average Bonchev–Trinajstić information content (AvgIpc) is 2.87. The van der Waals surface area contributed by atoms with Crippen LogP contribution < -0.4 is 15.5 Å². The predicted octanol–water partition coefficient (Wildman–Crippen LogP) is 3.48. The van der Waals surface area contributed by atoms with E-state index in [2.05, 4.69) is 25.6 Å². The highest BCUT2D eigenvalue weighted by Crippen LogP contribution is 2.32. The number of nitrogens with one attached hydrogen (secondary N) is 2. The maximum absolute atomic E-state index is 13.1. The van der Waals surface area contributed by atoms with E-state index >= 15 is 0 Å². The van der Waals surface area contributed by atoms with Gasteiger partial charge < -0.3 is 5.32 Å². The van der Waals surface area contributed by atoms with Crippen molar-refractivity contribution in [2.24, 2.45) is 0 Å². The number of pyridine rings is 2. The first-order valence-electron chi connectivity index (χ1n) is 9.16. The monoisotopic (exact) mass is 375 g/mol. The largest absolute Gasteiger partial charge is 0.382 e. The lowest BCUT2D eigenvalue weighted by Crippen LogP contribution is -2.42. The fourth-order valence-corrected chi connectivity index (χ4v) is 3.13. The zero-order valence-corrected chi connectivity index (χ0v) is 15.8. The zero-order valence-electron chi connectivity index (χ0n) is 15.8. The quantitative estimate of drug-likeness (QED) is 0.712. The van der Waals surface area contributed by atoms with E-state index in [1.54, 1.807) is 17.3 Å². The first kappa shape index (κ1) is 17.8. The highest BCUT2D eigenvalue weighted by atomic mass is 16.2. The van der Waals surface area contributed by atoms with E-state index in [9.17, 15) is 4.79 Å². The number of hydrogen-bond acceptors (Lipinski definition) is 6. The summed E-state index contributed by atoms with van der Waals surface area (Å²) in [7, 11) is 0. The number of anilines is 3. The van der Waals surface area contributed by atoms with Crippen LogP contribution in [0, 0.1) is 6.92 Å². The van der Waals surface area contributed by atoms with Crippen LogP contribution in [0.5, 0.6) is 0 Å². The van der Waals surface area contributed by atoms with Crippen LogP contribution in [0.3, 0.4) is 0 Å². The smallest absolute Gasteiger partial charge is 0.329 e. The summed E-state index contributed by atoms with van der Waals surface area (Å²) < 4.78 is 0. The molecule has 1 atom stereocenters. The first-order chi connectivity index (χ1) is 13.6. The minimum atomic E-state index is -0.287. The second kappa shape index (κ2) is 7.59. The van der Waals surface area contributed by atoms with Crippen molar-refractivity contribution < 1.29 is 4.79 Å². The van der Waals surface area contributed by atoms with Gasteiger partial charge in [-0.15, -0.1) is 0 Å². The van der Waals surface area contributed by atoms with Crippen LogP contribution in [0.25, 0.3) is 11.3 Å². The van der Waals surface area contributed by atoms with Crippen LogP contribution in [0.2, 0.25) is 0 Å². The van der Waals surface area contributed by atoms with E-state index in [0.29, 0.717) is 11.6 Å². The molecule has 8 heteroatoms. The molecule has 1 aliphatic heterocycles. The van der Waals surface area contributed by atoms with E-state index in [0.717, 1.165) is 35.6 Å². The van der Waals surface area contributed by atoms with Gasteiger partial charge >= 0.3 is 6.03 Å². The number of fused-ring (bicyclic) bond motifs is 1. The van der Waals surface area contributed by atoms with Crippen molar-refractivity contribution in [2.75, 3.05) is 22.1 Å². The van der Waals surface area contributed by atoms with Gasteiger partial charge in [0.1, 0.15) is 0 Å². The van der Waals surface area contributed by atoms with Gasteiger partial charge in [-0.05, 0) is 44.5 Å². The average molecular weight is 375 g/mol. The molecule has 0 bridgehead atoms. The summed E-state index contributed by atoms with van der Waals surface area (Å²) in [5.74, 6) is 0.988. The molecule has 0 aliphatic carbocycles. The topological polar surface area (TPSA) is 95.9 Å². The summed E-state index contributed by atoms with van der Waals surface area (Å²) in [6.45, 7) is 4.71. The predicted molar refractivity (Wildman–Crippen MR) is 108 cm³/mol. The van der Waals surface area contributed by atoms with E-state index in [4.69, 9.17) is 4.98 Å². The molecule has 3 aromatic rings. The van der Waals surface area contributed by atoms with E-state index in [1.807, 2.05) is 38.1 Å². The minimum absolute atomic E-state index is 0.0377. The maximum atomic E-state index is 13.1. The number of amides is 2. The fraction of sp³-hybridized carbons (Fsp3) is 0.250. The Balaban J connectivity index is 1.72. The third-order valence-electron chi connectivity index (χ3n) is 4.65. The lowest BCUT2D eigenvalue weighted by molar-refractivity contribution is 0.255. The Morgan fingerprint density at radius 2 is 2.07 bits per heavy atom. The first-order valence-corrected chi connectivity index (χ1v) is 9.16. The van der Waals surface area contributed by atoms with Crippen LogP contribution in [0.4, 0.5) is 22.1 Å². The molecule has 2 amide bonds. The van der Waals surface area contributed by atoms with Gasteiger partial charge in [0, 0.05) is 42.4 Å². The third kappa shape index (κ3) is 3.62. The van der Waals surface area contributed by atoms with Crippen LogP contribution in [-0.4, -0.2) is 38.6 Å². The van der Waals surface area contributed by atoms with Gasteiger partial charge in [0.15, 0.2) is 11.6 Å². The van der Waals surface area contributed by atoms with Crippen molar-refractivity contribution in [1.82, 2.24) is 19.9 Å². The van der Waals surface area contributed by atoms with Crippen molar-refractivity contribution in [3.8, 4) is 11.3 Å². The number of carbonyl (C=O) groups is 1. The Kier molecular flexibility index (Phi) is 4.84. The zero-order chi connectivity index (χ0) is 19.5. The number of urea groups is 1. The Morgan fingerprint density at radius 1 is 1.18 bits per heavy atom. The molecule has 0 fully saturated rings. The molecule has 0 aromatic carbocycles. The standard InChI is InChI=1S/C20H21N7O/c1-13-3-4-15(11-24-13)16-5-6-17-19(25-16)27(14(2)7-8-22-17)20(28)26-18-12-21-9-10-23-18/h3-6,9-12,14,22H,7-8H2,1-2H3,(H,23,26,28)/t14-/m1/s1. The van der Waals surface area contributed by atoms with Crippen molar-refractivity contribution in [1.29, 1.82) is 0 Å². The molecule has 0 unspecified atom stereocenters. The molecular formula is C20H21N7O. The summed E-state index contributed by atoms with van der Waals surface area (Å²) in [4.78, 5) is 32.0. The molecule has 28 heavy (non-hydrogen) atoms. The second-order valence-corrected chi connectivity index (χ2v) is 6.71. The summed E-state index contributed by atoms with van der Waals surface area (Å²) >= 11 is 0. The normalized spacial score (nSPS) is 15.9. The molecule has 1 aliphatic rings. The lowest BCUT2D eigenvalue weighted by Gasteiger charge is -2.27. The van der Waals surface area contributed by atoms with Gasteiger partial charge in [-0.1, -0.05) is 0 Å². The second-order valence-electron chi connectivity index (χ2n) is 6.71. The van der Waals surface area contributed by atoms with Gasteiger partial charge in [0.25, 0.3) is 0 Å². The van der Waals surface area contributed by atoms with Gasteiger partial charge in [-0.3, -0.25) is 20.2 Å². The summed E-state index contributed by atoms with van der Waals surface area (Å²) in [5.41, 5.74) is 3.43. The highest BCUT2D eigenvalue weighted by Gasteiger charge is 2.28. The van der Waals surface area contributed by atoms with Crippen molar-refractivity contribution in [3.05, 3.63) is 54.7 Å². The van der Waals surface area contributed by atoms with Gasteiger partial charge in [0.05, 0.1) is 17.6 Å². The number of nitrogens with zero attached hydrogens (tertiary/aromatic N) is 5. The number of aryl methyl sites for hydroxylation is 1. The number of rotatable bonds is 2. The molecule has 142 valence electrons. The molecule has 8 nitrogen and oxygen atoms in total. The van der Waals surface area contributed by atoms with Crippen molar-refractivity contribution in [2.45, 2.75) is 26.3 Å². The third-order valence-corrected chi connectivity index (χ3v) is 4.65. The molecule has 4 heterocycles. The van der Waals surface area contributed by atoms with Gasteiger partial charge in [-0.25, -0.2) is 14.8 Å². The number of aromatic nitrogens is 4. The summed E-state index contributed by atoms with van der Waals surface area (Å²) in [5, 5.41) is 6.17. The summed E-state index contributed by atoms with van der Waals surface area (Å²) in [6.07, 6.45) is 7.21. The van der Waals surface area contributed by atoms with Crippen LogP contribution >= 0.6 is 0 Å². The Morgan fingerprint density at radius 3 is 2.82 bits per heavy atom. The number of carbonyl (C=O) groups excluding carboxylic acids is 1. The molecule has 0 radical (unpaired) electrons. The molecule has 0 saturated heterocycles. The van der Waals surface area contributed by atoms with E-state index < -0.39 is 0 Å². The summed E-state index contributed by atoms with van der Waals surface area (Å²) in [6, 6.07) is 7.50. The molecule has 4 rings (SSSR count). The Bertz CT molecular complexity index is 976. The van der Waals surface area contributed by atoms with Crippen molar-refractivity contribution >= 4 is 23.4 Å². The SMILES string of the molecule is Cc1ccc(-c2ccc3c(n2)N(C(=O)Nc2cnccn2)[C@H](C)CCN3)cn1. The van der Waals surface area contributed by atoms with Crippen LogP contribution in [-0.2, 0) is 0 Å². The molecule has 0 saturated carbocycles. The van der Waals surface area contributed by atoms with Crippen LogP contribution in [0.15, 0.2) is 49.1 Å². The van der Waals surface area contributed by atoms with E-state index in [1.165, 1.54) is 12.4 Å². The Hall–Kier alpha value is -3.55. The maximum Gasteiger partial charge on any atom is 0.329 e. The van der Waals surface area contributed by atoms with Gasteiger partial charge in [0.2, 0.25) is 0 Å². The lowest BCUT2D eigenvalue weighted by atomic mass is 10.1. The Labute approximate surface area is 163 Å². The number of hydrogen-bond donors (Lipinski definition) is 2. The molecule has 3 aromatic heterocycles. The molecule has 0 spiro atoms. The highest BCUT2D eigenvalue weighted by molar-refractivity contribution is 6.03. The van der Waals surface area contributed by atoms with Crippen LogP contribution in [0.1, 0.15) is 19.0 Å². The fourth-order valence-electron chi connectivity index (χ4n) is 3.13. The minimum Gasteiger partial charge on any atom is -0.382 e. The van der Waals surface area contributed by atoms with E-state index in [-0.39, 0.29) is 12.1 Å². The molecule has 2 N–H and O–H groups in total.